The Morgan fingerprint density at radius 2 is 1.85 bits per heavy atom. The van der Waals surface area contributed by atoms with Crippen molar-refractivity contribution in [2.24, 2.45) is 7.05 Å². The van der Waals surface area contributed by atoms with Crippen LogP contribution in [0.2, 0.25) is 0 Å². The number of methoxy groups -OCH3 is 1. The number of aliphatic carboxylic acids is 1. The molecule has 6 nitrogen and oxygen atoms in total. The number of furan rings is 1. The van der Waals surface area contributed by atoms with Crippen LogP contribution in [0.25, 0.3) is 33.2 Å². The predicted molar refractivity (Wildman–Crippen MR) is 102 cm³/mol. The molecule has 2 aromatic carbocycles. The van der Waals surface area contributed by atoms with Crippen LogP contribution < -0.4 is 10.3 Å². The van der Waals surface area contributed by atoms with Gasteiger partial charge in [0.15, 0.2) is 0 Å². The van der Waals surface area contributed by atoms with Gasteiger partial charge >= 0.3 is 5.97 Å². The minimum atomic E-state index is -1.03. The Labute approximate surface area is 154 Å². The average Bonchev–Trinajstić information content (AvgIpc) is 3.05. The Kier molecular flexibility index (Phi) is 3.96. The van der Waals surface area contributed by atoms with Gasteiger partial charge < -0.3 is 18.8 Å². The summed E-state index contributed by atoms with van der Waals surface area (Å²) < 4.78 is 12.8. The number of aryl methyl sites for hydroxylation is 1. The second kappa shape index (κ2) is 6.32. The van der Waals surface area contributed by atoms with Crippen molar-refractivity contribution in [2.45, 2.75) is 6.42 Å². The number of rotatable bonds is 4. The van der Waals surface area contributed by atoms with Gasteiger partial charge in [-0.05, 0) is 36.4 Å². The van der Waals surface area contributed by atoms with Gasteiger partial charge in [-0.3, -0.25) is 9.59 Å². The van der Waals surface area contributed by atoms with E-state index in [0.717, 1.165) is 10.9 Å². The quantitative estimate of drug-likeness (QED) is 0.599. The smallest absolute Gasteiger partial charge is 0.307 e. The zero-order valence-electron chi connectivity index (χ0n) is 14.9. The number of aromatic nitrogens is 1. The van der Waals surface area contributed by atoms with Crippen LogP contribution in [-0.2, 0) is 18.3 Å². The van der Waals surface area contributed by atoms with Crippen LogP contribution in [0, 0.1) is 0 Å². The lowest BCUT2D eigenvalue weighted by Crippen LogP contribution is -2.18. The molecule has 136 valence electrons. The molecule has 0 amide bonds. The number of carboxylic acids is 1. The monoisotopic (exact) mass is 363 g/mol. The lowest BCUT2D eigenvalue weighted by Gasteiger charge is -2.05. The number of carboxylic acid groups (broad SMARTS) is 1. The highest BCUT2D eigenvalue weighted by molar-refractivity contribution is 6.06. The summed E-state index contributed by atoms with van der Waals surface area (Å²) in [6.07, 6.45) is -0.304. The number of hydrogen-bond donors (Lipinski definition) is 1. The fraction of sp³-hybridized carbons (Fsp3) is 0.143. The van der Waals surface area contributed by atoms with Gasteiger partial charge in [0.1, 0.15) is 17.1 Å². The number of hydrogen-bond acceptors (Lipinski definition) is 4. The molecule has 0 aliphatic heterocycles. The summed E-state index contributed by atoms with van der Waals surface area (Å²) in [4.78, 5) is 24.5. The Morgan fingerprint density at radius 1 is 1.15 bits per heavy atom. The third kappa shape index (κ3) is 2.66. The summed E-state index contributed by atoms with van der Waals surface area (Å²) >= 11 is 0. The van der Waals surface area contributed by atoms with Gasteiger partial charge in [0.25, 0.3) is 5.56 Å². The van der Waals surface area contributed by atoms with Crippen molar-refractivity contribution >= 4 is 27.8 Å². The lowest BCUT2D eigenvalue weighted by atomic mass is 10.0. The number of ether oxygens (including phenoxy) is 1. The van der Waals surface area contributed by atoms with E-state index in [1.165, 1.54) is 4.57 Å². The highest BCUT2D eigenvalue weighted by Crippen LogP contribution is 2.36. The largest absolute Gasteiger partial charge is 0.497 e. The molecule has 0 saturated heterocycles. The van der Waals surface area contributed by atoms with Crippen LogP contribution in [0.1, 0.15) is 5.56 Å². The number of pyridine rings is 1. The molecule has 1 N–H and O–H groups in total. The molecule has 6 heteroatoms. The number of fused-ring (bicyclic) bond motifs is 3. The minimum Gasteiger partial charge on any atom is -0.497 e. The van der Waals surface area contributed by atoms with Crippen LogP contribution >= 0.6 is 0 Å². The number of benzene rings is 2. The van der Waals surface area contributed by atoms with Crippen molar-refractivity contribution in [1.82, 2.24) is 4.57 Å². The highest BCUT2D eigenvalue weighted by atomic mass is 16.5. The van der Waals surface area contributed by atoms with Gasteiger partial charge in [-0.1, -0.05) is 12.1 Å². The van der Waals surface area contributed by atoms with E-state index < -0.39 is 5.97 Å². The van der Waals surface area contributed by atoms with Crippen LogP contribution in [0.3, 0.4) is 0 Å². The van der Waals surface area contributed by atoms with E-state index in [-0.39, 0.29) is 12.0 Å². The molecule has 4 rings (SSSR count). The van der Waals surface area contributed by atoms with E-state index in [9.17, 15) is 14.7 Å². The topological polar surface area (TPSA) is 81.7 Å². The molecule has 2 aromatic heterocycles. The van der Waals surface area contributed by atoms with Gasteiger partial charge in [0.05, 0.1) is 24.4 Å². The molecule has 0 fully saturated rings. The summed E-state index contributed by atoms with van der Waals surface area (Å²) in [7, 11) is 3.25. The molecule has 0 radical (unpaired) electrons. The molecular weight excluding hydrogens is 346 g/mol. The first-order chi connectivity index (χ1) is 13.0. The summed E-state index contributed by atoms with van der Waals surface area (Å²) in [5.41, 5.74) is 1.94. The summed E-state index contributed by atoms with van der Waals surface area (Å²) in [6.45, 7) is 0. The molecule has 4 aromatic rings. The van der Waals surface area contributed by atoms with Crippen molar-refractivity contribution in [1.29, 1.82) is 0 Å². The predicted octanol–water partition coefficient (Wildman–Crippen LogP) is 3.59. The zero-order chi connectivity index (χ0) is 19.1. The normalized spacial score (nSPS) is 11.2. The number of carbonyl (C=O) groups is 1. The summed E-state index contributed by atoms with van der Waals surface area (Å²) in [6, 6.07) is 14.5. The lowest BCUT2D eigenvalue weighted by molar-refractivity contribution is -0.136. The van der Waals surface area contributed by atoms with Crippen LogP contribution in [0.15, 0.2) is 57.7 Å². The van der Waals surface area contributed by atoms with E-state index in [2.05, 4.69) is 0 Å². The maximum Gasteiger partial charge on any atom is 0.307 e. The maximum atomic E-state index is 13.0. The molecule has 2 heterocycles. The Hall–Kier alpha value is -3.54. The molecule has 27 heavy (non-hydrogen) atoms. The second-order valence-corrected chi connectivity index (χ2v) is 6.29. The van der Waals surface area contributed by atoms with Crippen LogP contribution in [0.5, 0.6) is 5.75 Å². The first kappa shape index (κ1) is 16.9. The maximum absolute atomic E-state index is 13.0. The molecule has 0 bridgehead atoms. The number of nitrogens with zero attached hydrogens (tertiary/aromatic N) is 1. The van der Waals surface area contributed by atoms with Crippen molar-refractivity contribution in [3.63, 3.8) is 0 Å². The van der Waals surface area contributed by atoms with Crippen molar-refractivity contribution in [2.75, 3.05) is 7.11 Å². The van der Waals surface area contributed by atoms with Gasteiger partial charge in [-0.2, -0.15) is 0 Å². The number of para-hydroxylation sites is 1. The van der Waals surface area contributed by atoms with Gasteiger partial charge in [0, 0.05) is 23.6 Å². The molecule has 0 aliphatic rings. The van der Waals surface area contributed by atoms with Gasteiger partial charge in [-0.25, -0.2) is 0 Å². The third-order valence-electron chi connectivity index (χ3n) is 4.72. The van der Waals surface area contributed by atoms with Crippen LogP contribution in [0.4, 0.5) is 0 Å². The molecular formula is C21H17NO5. The Morgan fingerprint density at radius 3 is 2.52 bits per heavy atom. The second-order valence-electron chi connectivity index (χ2n) is 6.29. The van der Waals surface area contributed by atoms with Crippen molar-refractivity contribution in [3.05, 3.63) is 64.4 Å². The van der Waals surface area contributed by atoms with Crippen molar-refractivity contribution in [3.8, 4) is 17.1 Å². The summed E-state index contributed by atoms with van der Waals surface area (Å²) in [5, 5.41) is 10.5. The van der Waals surface area contributed by atoms with Gasteiger partial charge in [-0.15, -0.1) is 0 Å². The van der Waals surface area contributed by atoms with E-state index in [1.54, 1.807) is 38.4 Å². The standard InChI is InChI=1S/C21H17NO5/c1-22-16-6-4-3-5-14(16)20-18(21(22)25)15(11-17(23)24)19(27-20)12-7-9-13(26-2)10-8-12/h3-10H,11H2,1-2H3,(H,23,24). The fourth-order valence-electron chi connectivity index (χ4n) is 3.41. The van der Waals surface area contributed by atoms with Gasteiger partial charge in [0.2, 0.25) is 0 Å². The molecule has 0 aliphatic carbocycles. The van der Waals surface area contributed by atoms with E-state index in [1.807, 2.05) is 24.3 Å². The summed E-state index contributed by atoms with van der Waals surface area (Å²) in [5.74, 6) is 0.0437. The first-order valence-corrected chi connectivity index (χ1v) is 8.40. The minimum absolute atomic E-state index is 0.275. The third-order valence-corrected chi connectivity index (χ3v) is 4.72. The Balaban J connectivity index is 2.12. The highest BCUT2D eigenvalue weighted by Gasteiger charge is 2.23. The SMILES string of the molecule is COc1ccc(-c2oc3c(c2CC(=O)O)c(=O)n(C)c2ccccc32)cc1. The Bertz CT molecular complexity index is 1230. The van der Waals surface area contributed by atoms with E-state index in [4.69, 9.17) is 9.15 Å². The zero-order valence-corrected chi connectivity index (χ0v) is 14.9. The van der Waals surface area contributed by atoms with Crippen molar-refractivity contribution < 1.29 is 19.1 Å². The molecule has 0 atom stereocenters. The molecule has 0 unspecified atom stereocenters. The van der Waals surface area contributed by atoms with E-state index >= 15 is 0 Å². The molecule has 0 saturated carbocycles. The average molecular weight is 363 g/mol. The molecule has 0 spiro atoms. The first-order valence-electron chi connectivity index (χ1n) is 8.40. The fourth-order valence-corrected chi connectivity index (χ4v) is 3.41. The van der Waals surface area contributed by atoms with E-state index in [0.29, 0.717) is 33.6 Å². The van der Waals surface area contributed by atoms with Crippen LogP contribution in [-0.4, -0.2) is 22.8 Å².